The molecule has 0 bridgehead atoms. The molecule has 0 unspecified atom stereocenters. The van der Waals surface area contributed by atoms with Crippen LogP contribution in [0.25, 0.3) is 0 Å². The van der Waals surface area contributed by atoms with E-state index in [-0.39, 0.29) is 24.5 Å². The van der Waals surface area contributed by atoms with Crippen LogP contribution in [0.3, 0.4) is 0 Å². The molecule has 0 aromatic heterocycles. The van der Waals surface area contributed by atoms with E-state index >= 15 is 0 Å². The Labute approximate surface area is 131 Å². The quantitative estimate of drug-likeness (QED) is 0.501. The second-order valence-corrected chi connectivity index (χ2v) is 4.96. The van der Waals surface area contributed by atoms with E-state index in [4.69, 9.17) is 5.73 Å². The summed E-state index contributed by atoms with van der Waals surface area (Å²) >= 11 is 0. The molecule has 23 heavy (non-hydrogen) atoms. The van der Waals surface area contributed by atoms with Crippen molar-refractivity contribution in [3.8, 4) is 0 Å². The Kier molecular flexibility index (Phi) is 4.93. The van der Waals surface area contributed by atoms with Crippen molar-refractivity contribution >= 4 is 11.4 Å². The predicted molar refractivity (Wildman–Crippen MR) is 82.3 cm³/mol. The maximum Gasteiger partial charge on any atom is 0.416 e. The van der Waals surface area contributed by atoms with Gasteiger partial charge in [0.1, 0.15) is 0 Å². The van der Waals surface area contributed by atoms with Crippen molar-refractivity contribution in [1.82, 2.24) is 0 Å². The third-order valence-corrected chi connectivity index (χ3v) is 3.26. The van der Waals surface area contributed by atoms with E-state index in [0.717, 1.165) is 12.1 Å². The molecule has 0 fully saturated rings. The molecule has 0 spiro atoms. The van der Waals surface area contributed by atoms with Crippen LogP contribution in [0.15, 0.2) is 49.1 Å². The lowest BCUT2D eigenvalue weighted by atomic mass is 10.1. The highest BCUT2D eigenvalue weighted by Crippen LogP contribution is 2.30. The third-order valence-electron chi connectivity index (χ3n) is 3.26. The number of alkyl halides is 3. The highest BCUT2D eigenvalue weighted by molar-refractivity contribution is 5.58. The van der Waals surface area contributed by atoms with Crippen LogP contribution in [0, 0.1) is 11.9 Å². The zero-order chi connectivity index (χ0) is 17.0. The van der Waals surface area contributed by atoms with Gasteiger partial charge in [0.2, 0.25) is 0 Å². The first kappa shape index (κ1) is 16.9. The molecule has 0 aliphatic rings. The Morgan fingerprint density at radius 1 is 1.26 bits per heavy atom. The van der Waals surface area contributed by atoms with Gasteiger partial charge in [-0.25, -0.2) is 4.39 Å². The minimum absolute atomic E-state index is 0.0936. The first-order valence-corrected chi connectivity index (χ1v) is 6.80. The van der Waals surface area contributed by atoms with Crippen molar-refractivity contribution in [3.05, 3.63) is 72.1 Å². The van der Waals surface area contributed by atoms with Gasteiger partial charge in [0.15, 0.2) is 5.82 Å². The summed E-state index contributed by atoms with van der Waals surface area (Å²) in [5.41, 5.74) is 5.22. The van der Waals surface area contributed by atoms with Crippen LogP contribution in [0.4, 0.5) is 28.9 Å². The number of nitrogens with two attached hydrogens (primary N) is 1. The Morgan fingerprint density at radius 3 is 2.65 bits per heavy atom. The summed E-state index contributed by atoms with van der Waals surface area (Å²) in [4.78, 5) is 1.56. The van der Waals surface area contributed by atoms with E-state index < -0.39 is 17.6 Å². The summed E-state index contributed by atoms with van der Waals surface area (Å²) in [5.74, 6) is -0.652. The van der Waals surface area contributed by atoms with Crippen LogP contribution >= 0.6 is 0 Å². The van der Waals surface area contributed by atoms with E-state index in [2.05, 4.69) is 12.6 Å². The zero-order valence-electron chi connectivity index (χ0n) is 12.2. The number of rotatable bonds is 5. The molecule has 0 aliphatic carbocycles. The third kappa shape index (κ3) is 4.03. The van der Waals surface area contributed by atoms with Crippen LogP contribution in [0.2, 0.25) is 0 Å². The first-order chi connectivity index (χ1) is 10.8. The highest BCUT2D eigenvalue weighted by atomic mass is 19.4. The monoisotopic (exact) mass is 323 g/mol. The van der Waals surface area contributed by atoms with Crippen LogP contribution in [-0.4, -0.2) is 6.54 Å². The Hall–Kier alpha value is -2.50. The lowest BCUT2D eigenvalue weighted by Crippen LogP contribution is -2.24. The lowest BCUT2D eigenvalue weighted by Gasteiger charge is -2.24. The predicted octanol–water partition coefficient (Wildman–Crippen LogP) is 4.42. The van der Waals surface area contributed by atoms with Crippen molar-refractivity contribution in [2.75, 3.05) is 17.2 Å². The minimum atomic E-state index is -4.42. The molecular weight excluding hydrogens is 308 g/mol. The summed E-state index contributed by atoms with van der Waals surface area (Å²) in [6.45, 7) is 3.95. The van der Waals surface area contributed by atoms with E-state index in [1.54, 1.807) is 17.0 Å². The number of hydrogen-bond acceptors (Lipinski definition) is 2. The first-order valence-electron chi connectivity index (χ1n) is 6.80. The van der Waals surface area contributed by atoms with Gasteiger partial charge in [-0.1, -0.05) is 18.2 Å². The lowest BCUT2D eigenvalue weighted by molar-refractivity contribution is -0.137. The number of halogens is 4. The molecule has 2 aromatic rings. The van der Waals surface area contributed by atoms with Crippen molar-refractivity contribution in [2.45, 2.75) is 12.7 Å². The Morgan fingerprint density at radius 2 is 2.00 bits per heavy atom. The number of anilines is 2. The maximum atomic E-state index is 14.1. The molecule has 2 nitrogen and oxygen atoms in total. The Bertz CT molecular complexity index is 695. The number of hydrogen-bond donors (Lipinski definition) is 1. The topological polar surface area (TPSA) is 29.3 Å². The maximum absolute atomic E-state index is 14.1. The van der Waals surface area contributed by atoms with E-state index in [1.165, 1.54) is 18.2 Å². The molecule has 0 amide bonds. The summed E-state index contributed by atoms with van der Waals surface area (Å²) in [5, 5.41) is 0. The fourth-order valence-corrected chi connectivity index (χ4v) is 2.20. The fraction of sp³-hybridized carbons (Fsp3) is 0.176. The van der Waals surface area contributed by atoms with E-state index in [9.17, 15) is 17.6 Å². The zero-order valence-corrected chi connectivity index (χ0v) is 12.2. The summed E-state index contributed by atoms with van der Waals surface area (Å²) < 4.78 is 52.5. The van der Waals surface area contributed by atoms with Gasteiger partial charge in [-0.3, -0.25) is 0 Å². The van der Waals surface area contributed by atoms with Crippen molar-refractivity contribution in [2.24, 2.45) is 0 Å². The molecule has 1 radical (unpaired) electrons. The molecule has 0 atom stereocenters. The van der Waals surface area contributed by atoms with Gasteiger partial charge in [0.05, 0.1) is 16.9 Å². The van der Waals surface area contributed by atoms with Crippen LogP contribution < -0.4 is 10.6 Å². The molecule has 0 saturated carbocycles. The van der Waals surface area contributed by atoms with E-state index in [1.807, 2.05) is 0 Å². The number of nitrogen functional groups attached to an aromatic ring is 1. The average molecular weight is 323 g/mol. The fourth-order valence-electron chi connectivity index (χ4n) is 2.20. The van der Waals surface area contributed by atoms with Gasteiger partial charge in [-0.2, -0.15) is 13.2 Å². The molecule has 2 rings (SSSR count). The van der Waals surface area contributed by atoms with Crippen molar-refractivity contribution < 1.29 is 17.6 Å². The molecule has 2 N–H and O–H groups in total. The molecule has 0 heterocycles. The largest absolute Gasteiger partial charge is 0.416 e. The van der Waals surface area contributed by atoms with Crippen molar-refractivity contribution in [1.29, 1.82) is 0 Å². The number of nitrogens with zero attached hydrogens (tertiary/aromatic N) is 1. The molecular formula is C17H15F4N2. The van der Waals surface area contributed by atoms with Crippen LogP contribution in [0.1, 0.15) is 11.1 Å². The molecule has 2 aromatic carbocycles. The number of benzene rings is 2. The SMILES string of the molecule is C=CCN(Cc1cccc(C(F)(F)F)c1)c1cc[c]c(N)c1F. The van der Waals surface area contributed by atoms with Gasteiger partial charge in [-0.15, -0.1) is 6.58 Å². The van der Waals surface area contributed by atoms with Crippen LogP contribution in [-0.2, 0) is 12.7 Å². The average Bonchev–Trinajstić information content (AvgIpc) is 2.49. The molecule has 6 heteroatoms. The molecule has 0 saturated heterocycles. The van der Waals surface area contributed by atoms with E-state index in [0.29, 0.717) is 5.56 Å². The summed E-state index contributed by atoms with van der Waals surface area (Å²) in [6.07, 6.45) is -2.88. The van der Waals surface area contributed by atoms with Gasteiger partial charge in [0.25, 0.3) is 0 Å². The van der Waals surface area contributed by atoms with Gasteiger partial charge in [0, 0.05) is 19.2 Å². The molecule has 0 aliphatic heterocycles. The minimum Gasteiger partial charge on any atom is -0.396 e. The van der Waals surface area contributed by atoms with Gasteiger partial charge in [-0.05, 0) is 29.8 Å². The van der Waals surface area contributed by atoms with Gasteiger partial charge >= 0.3 is 6.18 Å². The standard InChI is InChI=1S/C17H15F4N2/c1-2-9-23(15-8-4-7-14(22)16(15)18)11-12-5-3-6-13(10-12)17(19,20)21/h2-6,8,10H,1,9,11,22H2. The smallest absolute Gasteiger partial charge is 0.396 e. The highest BCUT2D eigenvalue weighted by Gasteiger charge is 2.30. The van der Waals surface area contributed by atoms with Crippen molar-refractivity contribution in [3.63, 3.8) is 0 Å². The van der Waals surface area contributed by atoms with Gasteiger partial charge < -0.3 is 10.6 Å². The normalized spacial score (nSPS) is 11.3. The second-order valence-electron chi connectivity index (χ2n) is 4.96. The summed E-state index contributed by atoms with van der Waals surface area (Å²) in [6, 6.07) is 10.4. The molecule has 121 valence electrons. The summed E-state index contributed by atoms with van der Waals surface area (Å²) in [7, 11) is 0. The Balaban J connectivity index is 2.33. The second kappa shape index (κ2) is 6.73. The van der Waals surface area contributed by atoms with Crippen LogP contribution in [0.5, 0.6) is 0 Å².